The lowest BCUT2D eigenvalue weighted by atomic mass is 10.0. The molecule has 0 radical (unpaired) electrons. The van der Waals surface area contributed by atoms with Gasteiger partial charge in [0.15, 0.2) is 0 Å². The van der Waals surface area contributed by atoms with E-state index in [9.17, 15) is 0 Å². The summed E-state index contributed by atoms with van der Waals surface area (Å²) in [5.41, 5.74) is 1.40. The first-order valence-corrected chi connectivity index (χ1v) is 8.34. The molecule has 3 nitrogen and oxygen atoms in total. The van der Waals surface area contributed by atoms with Gasteiger partial charge in [0.2, 0.25) is 0 Å². The predicted octanol–water partition coefficient (Wildman–Crippen LogP) is 2.61. The molecule has 1 aliphatic heterocycles. The molecule has 1 aromatic rings. The van der Waals surface area contributed by atoms with Gasteiger partial charge in [-0.1, -0.05) is 37.3 Å². The van der Waals surface area contributed by atoms with Crippen LogP contribution in [0.5, 0.6) is 0 Å². The number of rotatable bonds is 8. The molecule has 1 aromatic carbocycles. The maximum absolute atomic E-state index is 3.70. The van der Waals surface area contributed by atoms with Gasteiger partial charge in [-0.3, -0.25) is 0 Å². The lowest BCUT2D eigenvalue weighted by Gasteiger charge is -2.27. The number of benzene rings is 1. The number of hydrogen-bond acceptors (Lipinski definition) is 3. The van der Waals surface area contributed by atoms with Crippen molar-refractivity contribution in [2.75, 3.05) is 46.8 Å². The highest BCUT2D eigenvalue weighted by molar-refractivity contribution is 5.19. The molecule has 2 rings (SSSR count). The van der Waals surface area contributed by atoms with Gasteiger partial charge in [0.1, 0.15) is 0 Å². The number of hydrogen-bond donors (Lipinski definition) is 1. The van der Waals surface area contributed by atoms with Gasteiger partial charge in [-0.05, 0) is 51.5 Å². The molecule has 3 heteroatoms. The topological polar surface area (TPSA) is 18.5 Å². The highest BCUT2D eigenvalue weighted by atomic mass is 15.2. The normalized spacial score (nSPS) is 21.0. The first-order chi connectivity index (χ1) is 10.2. The number of nitrogens with one attached hydrogen (secondary N) is 1. The lowest BCUT2D eigenvalue weighted by molar-refractivity contribution is 0.247. The third-order valence-electron chi connectivity index (χ3n) is 4.40. The van der Waals surface area contributed by atoms with Gasteiger partial charge < -0.3 is 15.1 Å². The average Bonchev–Trinajstić information content (AvgIpc) is 2.89. The summed E-state index contributed by atoms with van der Waals surface area (Å²) in [6.07, 6.45) is 2.53. The number of likely N-dealkylation sites (tertiary alicyclic amines) is 1. The van der Waals surface area contributed by atoms with E-state index in [0.717, 1.165) is 19.0 Å². The molecule has 1 aliphatic rings. The van der Waals surface area contributed by atoms with Crippen molar-refractivity contribution in [1.29, 1.82) is 0 Å². The Labute approximate surface area is 130 Å². The van der Waals surface area contributed by atoms with Gasteiger partial charge in [0, 0.05) is 25.7 Å². The summed E-state index contributed by atoms with van der Waals surface area (Å²) in [5, 5.41) is 3.70. The lowest BCUT2D eigenvalue weighted by Crippen LogP contribution is -2.36. The van der Waals surface area contributed by atoms with Crippen LogP contribution < -0.4 is 5.32 Å². The van der Waals surface area contributed by atoms with Gasteiger partial charge >= 0.3 is 0 Å². The van der Waals surface area contributed by atoms with Crippen LogP contribution in [0.4, 0.5) is 0 Å². The summed E-state index contributed by atoms with van der Waals surface area (Å²) in [4.78, 5) is 4.95. The van der Waals surface area contributed by atoms with Crippen LogP contribution in [-0.4, -0.2) is 56.6 Å². The molecular weight excluding hydrogens is 258 g/mol. The molecule has 118 valence electrons. The average molecular weight is 289 g/mol. The molecule has 1 saturated heterocycles. The van der Waals surface area contributed by atoms with Crippen LogP contribution in [0.15, 0.2) is 30.3 Å². The van der Waals surface area contributed by atoms with E-state index >= 15 is 0 Å². The Morgan fingerprint density at radius 3 is 2.71 bits per heavy atom. The molecule has 1 N–H and O–H groups in total. The molecule has 0 aromatic heterocycles. The van der Waals surface area contributed by atoms with E-state index in [1.807, 2.05) is 0 Å². The fraction of sp³-hybridized carbons (Fsp3) is 0.667. The third-order valence-corrected chi connectivity index (χ3v) is 4.40. The molecule has 2 atom stereocenters. The maximum Gasteiger partial charge on any atom is 0.0449 e. The van der Waals surface area contributed by atoms with Crippen molar-refractivity contribution in [1.82, 2.24) is 15.1 Å². The quantitative estimate of drug-likeness (QED) is 0.793. The van der Waals surface area contributed by atoms with E-state index in [1.165, 1.54) is 38.0 Å². The summed E-state index contributed by atoms with van der Waals surface area (Å²) >= 11 is 0. The second kappa shape index (κ2) is 8.52. The van der Waals surface area contributed by atoms with Crippen molar-refractivity contribution in [3.63, 3.8) is 0 Å². The van der Waals surface area contributed by atoms with E-state index < -0.39 is 0 Å². The third kappa shape index (κ3) is 5.42. The van der Waals surface area contributed by atoms with Gasteiger partial charge in [0.25, 0.3) is 0 Å². The van der Waals surface area contributed by atoms with E-state index in [0.29, 0.717) is 6.04 Å². The molecule has 21 heavy (non-hydrogen) atoms. The zero-order valence-corrected chi connectivity index (χ0v) is 13.9. The molecule has 1 fully saturated rings. The standard InChI is InChI=1S/C18H31N3/c1-4-11-19-18(17-8-6-5-7-9-17)15-21(3)14-16-10-12-20(2)13-16/h5-9,16,18-19H,4,10-15H2,1-3H3. The Morgan fingerprint density at radius 1 is 1.33 bits per heavy atom. The van der Waals surface area contributed by atoms with Gasteiger partial charge in [0.05, 0.1) is 0 Å². The van der Waals surface area contributed by atoms with Crippen LogP contribution in [0.2, 0.25) is 0 Å². The van der Waals surface area contributed by atoms with Crippen molar-refractivity contribution in [3.05, 3.63) is 35.9 Å². The summed E-state index contributed by atoms with van der Waals surface area (Å²) in [7, 11) is 4.50. The second-order valence-corrected chi connectivity index (χ2v) is 6.56. The second-order valence-electron chi connectivity index (χ2n) is 6.56. The first kappa shape index (κ1) is 16.5. The van der Waals surface area contributed by atoms with Crippen molar-refractivity contribution >= 4 is 0 Å². The highest BCUT2D eigenvalue weighted by Crippen LogP contribution is 2.18. The minimum absolute atomic E-state index is 0.440. The minimum Gasteiger partial charge on any atom is -0.309 e. The van der Waals surface area contributed by atoms with Crippen molar-refractivity contribution in [3.8, 4) is 0 Å². The van der Waals surface area contributed by atoms with Crippen LogP contribution in [-0.2, 0) is 0 Å². The van der Waals surface area contributed by atoms with Crippen LogP contribution in [0.3, 0.4) is 0 Å². The van der Waals surface area contributed by atoms with Crippen LogP contribution >= 0.6 is 0 Å². The van der Waals surface area contributed by atoms with Gasteiger partial charge in [-0.2, -0.15) is 0 Å². The molecule has 0 bridgehead atoms. The van der Waals surface area contributed by atoms with E-state index in [1.54, 1.807) is 0 Å². The Kier molecular flexibility index (Phi) is 6.68. The zero-order chi connectivity index (χ0) is 15.1. The molecular formula is C18H31N3. The number of likely N-dealkylation sites (N-methyl/N-ethyl adjacent to an activating group) is 1. The molecule has 0 spiro atoms. The summed E-state index contributed by atoms with van der Waals surface area (Å²) in [5.74, 6) is 0.836. The molecule has 0 aliphatic carbocycles. The van der Waals surface area contributed by atoms with E-state index in [2.05, 4.69) is 66.5 Å². The largest absolute Gasteiger partial charge is 0.309 e. The summed E-state index contributed by atoms with van der Waals surface area (Å²) < 4.78 is 0. The molecule has 1 heterocycles. The Bertz CT molecular complexity index is 393. The van der Waals surface area contributed by atoms with E-state index in [4.69, 9.17) is 0 Å². The monoisotopic (exact) mass is 289 g/mol. The fourth-order valence-corrected chi connectivity index (χ4v) is 3.29. The van der Waals surface area contributed by atoms with Crippen LogP contribution in [0.25, 0.3) is 0 Å². The van der Waals surface area contributed by atoms with Crippen LogP contribution in [0.1, 0.15) is 31.4 Å². The van der Waals surface area contributed by atoms with E-state index in [-0.39, 0.29) is 0 Å². The molecule has 0 saturated carbocycles. The zero-order valence-electron chi connectivity index (χ0n) is 13.9. The summed E-state index contributed by atoms with van der Waals surface area (Å²) in [6.45, 7) is 8.12. The smallest absolute Gasteiger partial charge is 0.0449 e. The first-order valence-electron chi connectivity index (χ1n) is 8.34. The maximum atomic E-state index is 3.70. The van der Waals surface area contributed by atoms with Crippen molar-refractivity contribution < 1.29 is 0 Å². The fourth-order valence-electron chi connectivity index (χ4n) is 3.29. The highest BCUT2D eigenvalue weighted by Gasteiger charge is 2.22. The molecule has 2 unspecified atom stereocenters. The molecule has 0 amide bonds. The van der Waals surface area contributed by atoms with Gasteiger partial charge in [-0.25, -0.2) is 0 Å². The minimum atomic E-state index is 0.440. The van der Waals surface area contributed by atoms with Crippen molar-refractivity contribution in [2.45, 2.75) is 25.8 Å². The van der Waals surface area contributed by atoms with Gasteiger partial charge in [-0.15, -0.1) is 0 Å². The number of nitrogens with zero attached hydrogens (tertiary/aromatic N) is 2. The van der Waals surface area contributed by atoms with Crippen molar-refractivity contribution in [2.24, 2.45) is 5.92 Å². The predicted molar refractivity (Wildman–Crippen MR) is 90.6 cm³/mol. The Balaban J connectivity index is 1.88. The summed E-state index contributed by atoms with van der Waals surface area (Å²) in [6, 6.07) is 11.3. The Hall–Kier alpha value is -0.900. The Morgan fingerprint density at radius 2 is 2.10 bits per heavy atom. The SMILES string of the molecule is CCCNC(CN(C)CC1CCN(C)C1)c1ccccc1. The van der Waals surface area contributed by atoms with Crippen LogP contribution in [0, 0.1) is 5.92 Å².